The molecule has 14 heavy (non-hydrogen) atoms. The highest BCUT2D eigenvalue weighted by Gasteiger charge is 2.15. The zero-order chi connectivity index (χ0) is 9.97. The van der Waals surface area contributed by atoms with Crippen molar-refractivity contribution in [1.82, 2.24) is 4.98 Å². The fourth-order valence-electron chi connectivity index (χ4n) is 1.79. The fourth-order valence-corrected chi connectivity index (χ4v) is 2.94. The summed E-state index contributed by atoms with van der Waals surface area (Å²) in [7, 11) is 0. The van der Waals surface area contributed by atoms with E-state index in [2.05, 4.69) is 4.98 Å². The first kappa shape index (κ1) is 9.65. The van der Waals surface area contributed by atoms with Crippen LogP contribution in [0, 0.1) is 0 Å². The maximum atomic E-state index is 10.5. The van der Waals surface area contributed by atoms with E-state index >= 15 is 0 Å². The van der Waals surface area contributed by atoms with Crippen molar-refractivity contribution in [2.24, 2.45) is 0 Å². The van der Waals surface area contributed by atoms with Crippen molar-refractivity contribution < 1.29 is 9.90 Å². The smallest absolute Gasteiger partial charge is 0.310 e. The summed E-state index contributed by atoms with van der Waals surface area (Å²) in [6.07, 6.45) is 5.90. The minimum absolute atomic E-state index is 0.0810. The van der Waals surface area contributed by atoms with E-state index in [-0.39, 0.29) is 6.42 Å². The third-order valence-electron chi connectivity index (χ3n) is 2.44. The minimum Gasteiger partial charge on any atom is -0.481 e. The van der Waals surface area contributed by atoms with E-state index in [0.717, 1.165) is 23.5 Å². The first-order valence-electron chi connectivity index (χ1n) is 4.95. The number of carbonyl (C=O) groups is 1. The number of fused-ring (bicyclic) bond motifs is 1. The third kappa shape index (κ3) is 2.12. The summed E-state index contributed by atoms with van der Waals surface area (Å²) in [4.78, 5) is 16.2. The Kier molecular flexibility index (Phi) is 2.82. The Bertz CT molecular complexity index is 322. The van der Waals surface area contributed by atoms with Gasteiger partial charge in [-0.2, -0.15) is 0 Å². The third-order valence-corrected chi connectivity index (χ3v) is 3.60. The number of carboxylic acids is 1. The summed E-state index contributed by atoms with van der Waals surface area (Å²) >= 11 is 1.59. The summed E-state index contributed by atoms with van der Waals surface area (Å²) in [6, 6.07) is 0. The quantitative estimate of drug-likeness (QED) is 0.761. The Morgan fingerprint density at radius 3 is 2.93 bits per heavy atom. The molecule has 1 aromatic rings. The van der Waals surface area contributed by atoms with Gasteiger partial charge in [0.15, 0.2) is 0 Å². The van der Waals surface area contributed by atoms with Crippen molar-refractivity contribution in [3.8, 4) is 0 Å². The average molecular weight is 211 g/mol. The zero-order valence-corrected chi connectivity index (χ0v) is 8.77. The van der Waals surface area contributed by atoms with Crippen LogP contribution >= 0.6 is 11.3 Å². The molecule has 3 nitrogen and oxygen atoms in total. The molecule has 0 amide bonds. The minimum atomic E-state index is -0.783. The molecule has 0 bridgehead atoms. The molecule has 76 valence electrons. The molecule has 0 radical (unpaired) electrons. The molecule has 0 saturated carbocycles. The Balaban J connectivity index is 2.18. The Hall–Kier alpha value is -0.900. The highest BCUT2D eigenvalue weighted by Crippen LogP contribution is 2.26. The Morgan fingerprint density at radius 2 is 2.14 bits per heavy atom. The van der Waals surface area contributed by atoms with E-state index in [0.29, 0.717) is 0 Å². The monoisotopic (exact) mass is 211 g/mol. The molecule has 0 saturated heterocycles. The van der Waals surface area contributed by atoms with Crippen molar-refractivity contribution in [3.05, 3.63) is 15.6 Å². The molecule has 1 N–H and O–H groups in total. The summed E-state index contributed by atoms with van der Waals surface area (Å²) in [5.41, 5.74) is 1.16. The number of aliphatic carboxylic acids is 1. The topological polar surface area (TPSA) is 50.2 Å². The van der Waals surface area contributed by atoms with Crippen LogP contribution in [0.25, 0.3) is 0 Å². The lowest BCUT2D eigenvalue weighted by atomic mass is 10.2. The number of carboxylic acid groups (broad SMARTS) is 1. The maximum absolute atomic E-state index is 10.5. The van der Waals surface area contributed by atoms with Gasteiger partial charge in [-0.25, -0.2) is 4.98 Å². The second-order valence-electron chi connectivity index (χ2n) is 3.61. The summed E-state index contributed by atoms with van der Waals surface area (Å²) in [6.45, 7) is 0. The van der Waals surface area contributed by atoms with E-state index in [1.165, 1.54) is 24.1 Å². The zero-order valence-electron chi connectivity index (χ0n) is 7.95. The molecule has 0 aromatic carbocycles. The largest absolute Gasteiger partial charge is 0.481 e. The van der Waals surface area contributed by atoms with Crippen molar-refractivity contribution in [1.29, 1.82) is 0 Å². The lowest BCUT2D eigenvalue weighted by Gasteiger charge is -1.91. The number of aromatic nitrogens is 1. The lowest BCUT2D eigenvalue weighted by molar-refractivity contribution is -0.136. The molecule has 0 aliphatic heterocycles. The number of nitrogens with zero attached hydrogens (tertiary/aromatic N) is 1. The highest BCUT2D eigenvalue weighted by molar-refractivity contribution is 7.11. The molecule has 0 spiro atoms. The number of hydrogen-bond donors (Lipinski definition) is 1. The second-order valence-corrected chi connectivity index (χ2v) is 4.78. The molecule has 4 heteroatoms. The van der Waals surface area contributed by atoms with E-state index in [4.69, 9.17) is 5.11 Å². The van der Waals surface area contributed by atoms with Crippen LogP contribution in [0.2, 0.25) is 0 Å². The van der Waals surface area contributed by atoms with Crippen molar-refractivity contribution in [2.75, 3.05) is 0 Å². The summed E-state index contributed by atoms with van der Waals surface area (Å²) in [5, 5.41) is 9.42. The standard InChI is InChI=1S/C10H13NO2S/c12-10(13)6-9-11-7-4-2-1-3-5-8(7)14-9/h1-6H2,(H,12,13). The summed E-state index contributed by atoms with van der Waals surface area (Å²) < 4.78 is 0. The highest BCUT2D eigenvalue weighted by atomic mass is 32.1. The van der Waals surface area contributed by atoms with Crippen LogP contribution in [0.15, 0.2) is 0 Å². The van der Waals surface area contributed by atoms with E-state index in [9.17, 15) is 4.79 Å². The van der Waals surface area contributed by atoms with E-state index in [1.807, 2.05) is 0 Å². The number of thiazole rings is 1. The van der Waals surface area contributed by atoms with Gasteiger partial charge < -0.3 is 5.11 Å². The van der Waals surface area contributed by atoms with Gasteiger partial charge in [-0.15, -0.1) is 11.3 Å². The van der Waals surface area contributed by atoms with Gasteiger partial charge in [-0.3, -0.25) is 4.79 Å². The van der Waals surface area contributed by atoms with Gasteiger partial charge in [0.25, 0.3) is 0 Å². The normalized spacial score (nSPS) is 16.0. The van der Waals surface area contributed by atoms with Gasteiger partial charge in [-0.1, -0.05) is 6.42 Å². The molecule has 2 rings (SSSR count). The van der Waals surface area contributed by atoms with Crippen LogP contribution in [0.1, 0.15) is 34.8 Å². The Morgan fingerprint density at radius 1 is 1.36 bits per heavy atom. The van der Waals surface area contributed by atoms with Gasteiger partial charge in [0.2, 0.25) is 0 Å². The summed E-state index contributed by atoms with van der Waals surface area (Å²) in [5.74, 6) is -0.783. The van der Waals surface area contributed by atoms with Crippen molar-refractivity contribution in [2.45, 2.75) is 38.5 Å². The van der Waals surface area contributed by atoms with Crippen molar-refractivity contribution in [3.63, 3.8) is 0 Å². The molecule has 0 fully saturated rings. The number of rotatable bonds is 2. The van der Waals surface area contributed by atoms with Gasteiger partial charge >= 0.3 is 5.97 Å². The molecule has 1 aliphatic rings. The predicted molar refractivity (Wildman–Crippen MR) is 54.7 cm³/mol. The molecular formula is C10H13NO2S. The van der Waals surface area contributed by atoms with Gasteiger partial charge in [0, 0.05) is 4.88 Å². The van der Waals surface area contributed by atoms with E-state index < -0.39 is 5.97 Å². The lowest BCUT2D eigenvalue weighted by Crippen LogP contribution is -1.99. The molecular weight excluding hydrogens is 198 g/mol. The molecule has 0 atom stereocenters. The van der Waals surface area contributed by atoms with Gasteiger partial charge in [0.1, 0.15) is 5.01 Å². The van der Waals surface area contributed by atoms with Crippen LogP contribution in [-0.2, 0) is 24.1 Å². The van der Waals surface area contributed by atoms with Gasteiger partial charge in [-0.05, 0) is 25.7 Å². The van der Waals surface area contributed by atoms with Crippen LogP contribution in [-0.4, -0.2) is 16.1 Å². The first-order chi connectivity index (χ1) is 6.75. The SMILES string of the molecule is O=C(O)Cc1nc2c(s1)CCCCC2. The van der Waals surface area contributed by atoms with Crippen molar-refractivity contribution >= 4 is 17.3 Å². The van der Waals surface area contributed by atoms with Crippen LogP contribution in [0.5, 0.6) is 0 Å². The van der Waals surface area contributed by atoms with Crippen LogP contribution in [0.4, 0.5) is 0 Å². The first-order valence-corrected chi connectivity index (χ1v) is 5.76. The van der Waals surface area contributed by atoms with Gasteiger partial charge in [0.05, 0.1) is 12.1 Å². The van der Waals surface area contributed by atoms with Crippen LogP contribution in [0.3, 0.4) is 0 Å². The predicted octanol–water partition coefficient (Wildman–Crippen LogP) is 2.04. The second kappa shape index (κ2) is 4.09. The maximum Gasteiger partial charge on any atom is 0.310 e. The van der Waals surface area contributed by atoms with E-state index in [1.54, 1.807) is 11.3 Å². The number of aryl methyl sites for hydroxylation is 2. The number of hydrogen-bond acceptors (Lipinski definition) is 3. The Labute approximate surface area is 86.8 Å². The average Bonchev–Trinajstić information content (AvgIpc) is 2.34. The molecule has 0 unspecified atom stereocenters. The molecule has 1 aliphatic carbocycles. The van der Waals surface area contributed by atoms with Crippen LogP contribution < -0.4 is 0 Å². The fraction of sp³-hybridized carbons (Fsp3) is 0.600. The molecule has 1 heterocycles. The molecule has 1 aromatic heterocycles.